The Labute approximate surface area is 138 Å². The summed E-state index contributed by atoms with van der Waals surface area (Å²) >= 11 is 0. The van der Waals surface area contributed by atoms with Gasteiger partial charge in [0, 0.05) is 18.3 Å². The maximum atomic E-state index is 13.0. The smallest absolute Gasteiger partial charge is 0.319 e. The highest BCUT2D eigenvalue weighted by Gasteiger charge is 2.09. The van der Waals surface area contributed by atoms with Crippen LogP contribution in [0.1, 0.15) is 5.56 Å². The molecule has 128 valence electrons. The van der Waals surface area contributed by atoms with Gasteiger partial charge in [0.05, 0.1) is 0 Å². The molecule has 2 aromatic carbocycles. The number of ether oxygens (including phenoxy) is 1. The molecule has 0 fully saturated rings. The van der Waals surface area contributed by atoms with Crippen LogP contribution >= 0.6 is 0 Å². The van der Waals surface area contributed by atoms with E-state index in [4.69, 9.17) is 4.74 Å². The van der Waals surface area contributed by atoms with Crippen LogP contribution < -0.4 is 15.4 Å². The van der Waals surface area contributed by atoms with Crippen LogP contribution in [0.3, 0.4) is 0 Å². The number of hydrogen-bond donors (Lipinski definition) is 3. The van der Waals surface area contributed by atoms with E-state index >= 15 is 0 Å². The number of nitrogens with one attached hydrogen (secondary N) is 2. The standard InChI is InChI=1S/C17H18F2N2O3/c1-11-3-2-4-16(5-11)24-10-15(22)9-20-17(23)21-14-7-12(18)6-13(19)8-14/h2-8,15,22H,9-10H2,1H3,(H2,20,21,23). The lowest BCUT2D eigenvalue weighted by molar-refractivity contribution is 0.108. The molecule has 2 amide bonds. The van der Waals surface area contributed by atoms with E-state index in [2.05, 4.69) is 10.6 Å². The van der Waals surface area contributed by atoms with Crippen molar-refractivity contribution >= 4 is 11.7 Å². The van der Waals surface area contributed by atoms with Gasteiger partial charge in [0.15, 0.2) is 0 Å². The number of aliphatic hydroxyl groups excluding tert-OH is 1. The molecule has 5 nitrogen and oxygen atoms in total. The Morgan fingerprint density at radius 2 is 1.92 bits per heavy atom. The van der Waals surface area contributed by atoms with Crippen LogP contribution in [-0.4, -0.2) is 30.4 Å². The molecular weight excluding hydrogens is 318 g/mol. The average Bonchev–Trinajstić information content (AvgIpc) is 2.50. The molecule has 2 rings (SSSR count). The van der Waals surface area contributed by atoms with Crippen molar-refractivity contribution in [2.75, 3.05) is 18.5 Å². The van der Waals surface area contributed by atoms with Crippen molar-refractivity contribution in [2.24, 2.45) is 0 Å². The summed E-state index contributed by atoms with van der Waals surface area (Å²) in [5.74, 6) is -0.970. The number of aryl methyl sites for hydroxylation is 1. The van der Waals surface area contributed by atoms with Crippen LogP contribution in [-0.2, 0) is 0 Å². The summed E-state index contributed by atoms with van der Waals surface area (Å²) in [6.07, 6.45) is -0.930. The van der Waals surface area contributed by atoms with Gasteiger partial charge < -0.3 is 20.5 Å². The van der Waals surface area contributed by atoms with Crippen molar-refractivity contribution < 1.29 is 23.4 Å². The Hall–Kier alpha value is -2.67. The second-order valence-electron chi connectivity index (χ2n) is 5.27. The normalized spacial score (nSPS) is 11.7. The van der Waals surface area contributed by atoms with Crippen molar-refractivity contribution in [3.8, 4) is 5.75 Å². The van der Waals surface area contributed by atoms with Crippen LogP contribution in [0.5, 0.6) is 5.75 Å². The van der Waals surface area contributed by atoms with Crippen LogP contribution in [0.25, 0.3) is 0 Å². The largest absolute Gasteiger partial charge is 0.491 e. The fourth-order valence-electron chi connectivity index (χ4n) is 1.97. The second-order valence-corrected chi connectivity index (χ2v) is 5.27. The summed E-state index contributed by atoms with van der Waals surface area (Å²) < 4.78 is 31.4. The zero-order valence-electron chi connectivity index (χ0n) is 13.1. The van der Waals surface area contributed by atoms with Gasteiger partial charge in [-0.1, -0.05) is 12.1 Å². The van der Waals surface area contributed by atoms with Gasteiger partial charge in [-0.05, 0) is 36.8 Å². The number of benzene rings is 2. The molecule has 3 N–H and O–H groups in total. The lowest BCUT2D eigenvalue weighted by Gasteiger charge is -2.14. The van der Waals surface area contributed by atoms with E-state index < -0.39 is 23.8 Å². The molecule has 1 atom stereocenters. The molecule has 0 spiro atoms. The van der Waals surface area contributed by atoms with Gasteiger partial charge >= 0.3 is 6.03 Å². The minimum Gasteiger partial charge on any atom is -0.491 e. The first-order valence-corrected chi connectivity index (χ1v) is 7.31. The molecule has 2 aromatic rings. The maximum Gasteiger partial charge on any atom is 0.319 e. The van der Waals surface area contributed by atoms with Gasteiger partial charge in [-0.15, -0.1) is 0 Å². The van der Waals surface area contributed by atoms with E-state index in [-0.39, 0.29) is 18.8 Å². The molecule has 0 bridgehead atoms. The van der Waals surface area contributed by atoms with E-state index in [1.165, 1.54) is 0 Å². The average molecular weight is 336 g/mol. The molecule has 1 unspecified atom stereocenters. The minimum absolute atomic E-state index is 0.00166. The highest BCUT2D eigenvalue weighted by atomic mass is 19.1. The summed E-state index contributed by atoms with van der Waals surface area (Å²) in [5.41, 5.74) is 1.01. The molecule has 0 saturated carbocycles. The number of carbonyl (C=O) groups is 1. The van der Waals surface area contributed by atoms with Gasteiger partial charge in [-0.2, -0.15) is 0 Å². The number of rotatable bonds is 6. The third kappa shape index (κ3) is 5.85. The van der Waals surface area contributed by atoms with Crippen LogP contribution in [0.2, 0.25) is 0 Å². The lowest BCUT2D eigenvalue weighted by Crippen LogP contribution is -2.37. The first-order valence-electron chi connectivity index (χ1n) is 7.31. The monoisotopic (exact) mass is 336 g/mol. The first-order chi connectivity index (χ1) is 11.4. The maximum absolute atomic E-state index is 13.0. The van der Waals surface area contributed by atoms with E-state index in [1.54, 1.807) is 6.07 Å². The highest BCUT2D eigenvalue weighted by Crippen LogP contribution is 2.13. The van der Waals surface area contributed by atoms with Gasteiger partial charge in [0.1, 0.15) is 30.1 Å². The predicted molar refractivity (Wildman–Crippen MR) is 86.1 cm³/mol. The molecule has 0 aromatic heterocycles. The Balaban J connectivity index is 1.74. The summed E-state index contributed by atoms with van der Waals surface area (Å²) in [5, 5.41) is 14.5. The van der Waals surface area contributed by atoms with Crippen molar-refractivity contribution in [3.63, 3.8) is 0 Å². The van der Waals surface area contributed by atoms with E-state index in [1.807, 2.05) is 25.1 Å². The first kappa shape index (κ1) is 17.7. The molecule has 24 heavy (non-hydrogen) atoms. The van der Waals surface area contributed by atoms with Gasteiger partial charge in [0.2, 0.25) is 0 Å². The Kier molecular flexibility index (Phi) is 6.08. The molecule has 7 heteroatoms. The van der Waals surface area contributed by atoms with Gasteiger partial charge in [-0.3, -0.25) is 0 Å². The van der Waals surface area contributed by atoms with Crippen molar-refractivity contribution in [3.05, 3.63) is 59.7 Å². The highest BCUT2D eigenvalue weighted by molar-refractivity contribution is 5.89. The summed E-state index contributed by atoms with van der Waals surface area (Å²) in [4.78, 5) is 11.6. The summed E-state index contributed by atoms with van der Waals surface area (Å²) in [7, 11) is 0. The van der Waals surface area contributed by atoms with Crippen LogP contribution in [0.15, 0.2) is 42.5 Å². The van der Waals surface area contributed by atoms with E-state index in [0.29, 0.717) is 11.8 Å². The van der Waals surface area contributed by atoms with E-state index in [0.717, 1.165) is 17.7 Å². The topological polar surface area (TPSA) is 70.6 Å². The van der Waals surface area contributed by atoms with Crippen LogP contribution in [0, 0.1) is 18.6 Å². The molecule has 0 aliphatic carbocycles. The molecule has 0 radical (unpaired) electrons. The van der Waals surface area contributed by atoms with Crippen molar-refractivity contribution in [1.82, 2.24) is 5.32 Å². The second kappa shape index (κ2) is 8.26. The van der Waals surface area contributed by atoms with Gasteiger partial charge in [0.25, 0.3) is 0 Å². The number of hydrogen-bond acceptors (Lipinski definition) is 3. The number of aliphatic hydroxyl groups is 1. The molecule has 0 aliphatic rings. The van der Waals surface area contributed by atoms with Gasteiger partial charge in [-0.25, -0.2) is 13.6 Å². The molecule has 0 saturated heterocycles. The molecule has 0 heterocycles. The number of amides is 2. The Morgan fingerprint density at radius 3 is 2.58 bits per heavy atom. The zero-order chi connectivity index (χ0) is 17.5. The quantitative estimate of drug-likeness (QED) is 0.760. The van der Waals surface area contributed by atoms with E-state index in [9.17, 15) is 18.7 Å². The fraction of sp³-hybridized carbons (Fsp3) is 0.235. The minimum atomic E-state index is -0.930. The van der Waals surface area contributed by atoms with Crippen LogP contribution in [0.4, 0.5) is 19.3 Å². The summed E-state index contributed by atoms with van der Waals surface area (Å²) in [6.45, 7) is 1.85. The van der Waals surface area contributed by atoms with Crippen molar-refractivity contribution in [1.29, 1.82) is 0 Å². The Bertz CT molecular complexity index is 690. The predicted octanol–water partition coefficient (Wildman–Crippen LogP) is 2.83. The third-order valence-electron chi connectivity index (χ3n) is 3.05. The Morgan fingerprint density at radius 1 is 1.21 bits per heavy atom. The third-order valence-corrected chi connectivity index (χ3v) is 3.05. The number of anilines is 1. The molecule has 0 aliphatic heterocycles. The fourth-order valence-corrected chi connectivity index (χ4v) is 1.97. The van der Waals surface area contributed by atoms with Crippen molar-refractivity contribution in [2.45, 2.75) is 13.0 Å². The zero-order valence-corrected chi connectivity index (χ0v) is 13.1. The number of halogens is 2. The number of urea groups is 1. The number of carbonyl (C=O) groups excluding carboxylic acids is 1. The SMILES string of the molecule is Cc1cccc(OCC(O)CNC(=O)Nc2cc(F)cc(F)c2)c1. The lowest BCUT2D eigenvalue weighted by atomic mass is 10.2. The summed E-state index contributed by atoms with van der Waals surface area (Å²) in [6, 6.07) is 9.33. The molecular formula is C17H18F2N2O3.